The predicted octanol–water partition coefficient (Wildman–Crippen LogP) is 2.97. The molecule has 0 amide bonds. The van der Waals surface area contributed by atoms with Crippen molar-refractivity contribution in [2.24, 2.45) is 5.41 Å². The summed E-state index contributed by atoms with van der Waals surface area (Å²) in [6.45, 7) is 7.17. The van der Waals surface area contributed by atoms with Crippen LogP contribution in [-0.2, 0) is 34.0 Å². The quantitative estimate of drug-likeness (QED) is 0.752. The van der Waals surface area contributed by atoms with Gasteiger partial charge < -0.3 is 0 Å². The van der Waals surface area contributed by atoms with Crippen LogP contribution in [0.15, 0.2) is 18.2 Å². The van der Waals surface area contributed by atoms with E-state index in [0.717, 1.165) is 6.42 Å². The Morgan fingerprint density at radius 3 is 2.75 bits per heavy atom. The second-order valence-corrected chi connectivity index (χ2v) is 6.68. The van der Waals surface area contributed by atoms with Crippen LogP contribution in [0.4, 0.5) is 0 Å². The fourth-order valence-electron chi connectivity index (χ4n) is 1.97. The zero-order valence-electron chi connectivity index (χ0n) is 10.1. The molecule has 1 aliphatic heterocycles. The van der Waals surface area contributed by atoms with Crippen molar-refractivity contribution >= 4 is 11.1 Å². The van der Waals surface area contributed by atoms with E-state index >= 15 is 0 Å². The van der Waals surface area contributed by atoms with Gasteiger partial charge in [-0.3, -0.25) is 4.18 Å². The fourth-order valence-corrected chi connectivity index (χ4v) is 2.84. The van der Waals surface area contributed by atoms with Crippen LogP contribution in [-0.4, -0.2) is 4.21 Å². The van der Waals surface area contributed by atoms with Gasteiger partial charge in [-0.15, -0.1) is 0 Å². The molecule has 88 valence electrons. The predicted molar refractivity (Wildman–Crippen MR) is 66.2 cm³/mol. The van der Waals surface area contributed by atoms with Crippen LogP contribution in [0.5, 0.6) is 0 Å². The van der Waals surface area contributed by atoms with Gasteiger partial charge in [0.25, 0.3) is 0 Å². The lowest BCUT2D eigenvalue weighted by molar-refractivity contribution is 0.327. The van der Waals surface area contributed by atoms with Crippen molar-refractivity contribution in [1.82, 2.24) is 0 Å². The van der Waals surface area contributed by atoms with Gasteiger partial charge in [0.1, 0.15) is 0 Å². The summed E-state index contributed by atoms with van der Waals surface area (Å²) in [5, 5.41) is 0. The molecular weight excluding hydrogens is 220 g/mol. The minimum Gasteiger partial charge on any atom is -0.285 e. The average Bonchev–Trinajstić information content (AvgIpc) is 2.14. The van der Waals surface area contributed by atoms with Crippen LogP contribution in [0.2, 0.25) is 0 Å². The minimum atomic E-state index is -1.13. The summed E-state index contributed by atoms with van der Waals surface area (Å²) in [6, 6.07) is 6.44. The molecule has 0 aliphatic carbocycles. The average molecular weight is 238 g/mol. The molecular formula is C13H18O2S. The molecule has 2 nitrogen and oxygen atoms in total. The van der Waals surface area contributed by atoms with E-state index in [-0.39, 0.29) is 0 Å². The fraction of sp³-hybridized carbons (Fsp3) is 0.538. The molecule has 0 aromatic heterocycles. The summed E-state index contributed by atoms with van der Waals surface area (Å²) >= 11 is -1.13. The van der Waals surface area contributed by atoms with Gasteiger partial charge in [-0.25, -0.2) is 4.21 Å². The summed E-state index contributed by atoms with van der Waals surface area (Å²) in [6.07, 6.45) is 1.05. The first-order valence-electron chi connectivity index (χ1n) is 5.56. The molecule has 1 unspecified atom stereocenters. The van der Waals surface area contributed by atoms with E-state index in [0.29, 0.717) is 17.8 Å². The van der Waals surface area contributed by atoms with E-state index in [1.165, 1.54) is 16.7 Å². The van der Waals surface area contributed by atoms with Crippen molar-refractivity contribution < 1.29 is 8.39 Å². The number of hydrogen-bond donors (Lipinski definition) is 0. The van der Waals surface area contributed by atoms with Gasteiger partial charge >= 0.3 is 0 Å². The maximum Gasteiger partial charge on any atom is 0.160 e. The molecule has 2 rings (SSSR count). The smallest absolute Gasteiger partial charge is 0.160 e. The highest BCUT2D eigenvalue weighted by Crippen LogP contribution is 2.25. The molecule has 0 fully saturated rings. The van der Waals surface area contributed by atoms with Crippen molar-refractivity contribution in [3.8, 4) is 0 Å². The third-order valence-electron chi connectivity index (χ3n) is 2.62. The summed E-state index contributed by atoms with van der Waals surface area (Å²) in [7, 11) is 0. The van der Waals surface area contributed by atoms with E-state index in [9.17, 15) is 4.21 Å². The Labute approximate surface area is 99.7 Å². The van der Waals surface area contributed by atoms with Gasteiger partial charge in [-0.1, -0.05) is 39.0 Å². The summed E-state index contributed by atoms with van der Waals surface area (Å²) in [4.78, 5) is 0. The summed E-state index contributed by atoms with van der Waals surface area (Å²) in [5.74, 6) is 0.535. The largest absolute Gasteiger partial charge is 0.285 e. The highest BCUT2D eigenvalue weighted by Gasteiger charge is 2.17. The SMILES string of the molecule is CC(C)(C)Cc1ccc2c(c1)CS(=O)OC2. The van der Waals surface area contributed by atoms with Gasteiger partial charge in [0.05, 0.1) is 12.4 Å². The summed E-state index contributed by atoms with van der Waals surface area (Å²) < 4.78 is 16.4. The molecule has 0 saturated heterocycles. The molecule has 0 bridgehead atoms. The van der Waals surface area contributed by atoms with Crippen LogP contribution in [0.3, 0.4) is 0 Å². The van der Waals surface area contributed by atoms with Crippen LogP contribution in [0, 0.1) is 5.41 Å². The maximum atomic E-state index is 11.3. The lowest BCUT2D eigenvalue weighted by Crippen LogP contribution is -2.13. The normalized spacial score (nSPS) is 20.6. The third-order valence-corrected chi connectivity index (χ3v) is 3.55. The Hall–Kier alpha value is -0.670. The molecule has 0 radical (unpaired) electrons. The Balaban J connectivity index is 2.24. The number of fused-ring (bicyclic) bond motifs is 1. The van der Waals surface area contributed by atoms with Crippen LogP contribution in [0.25, 0.3) is 0 Å². The standard InChI is InChI=1S/C13H18O2S/c1-13(2,3)7-10-4-5-11-8-15-16(14)9-12(11)6-10/h4-6H,7-9H2,1-3H3. The molecule has 1 aromatic carbocycles. The Bertz CT molecular complexity index is 418. The van der Waals surface area contributed by atoms with Crippen molar-refractivity contribution in [2.75, 3.05) is 0 Å². The van der Waals surface area contributed by atoms with E-state index < -0.39 is 11.1 Å². The molecule has 3 heteroatoms. The maximum absolute atomic E-state index is 11.3. The second-order valence-electron chi connectivity index (χ2n) is 5.55. The zero-order chi connectivity index (χ0) is 11.8. The van der Waals surface area contributed by atoms with Crippen LogP contribution in [0.1, 0.15) is 37.5 Å². The Kier molecular flexibility index (Phi) is 3.17. The highest BCUT2D eigenvalue weighted by atomic mass is 32.2. The van der Waals surface area contributed by atoms with E-state index in [4.69, 9.17) is 4.18 Å². The van der Waals surface area contributed by atoms with Crippen molar-refractivity contribution in [1.29, 1.82) is 0 Å². The van der Waals surface area contributed by atoms with E-state index in [2.05, 4.69) is 39.0 Å². The first kappa shape index (κ1) is 11.8. The van der Waals surface area contributed by atoms with Crippen molar-refractivity contribution in [2.45, 2.75) is 39.6 Å². The number of rotatable bonds is 1. The van der Waals surface area contributed by atoms with Gasteiger partial charge in [0.15, 0.2) is 11.1 Å². The van der Waals surface area contributed by atoms with Gasteiger partial charge in [-0.2, -0.15) is 0 Å². The first-order chi connectivity index (χ1) is 7.44. The molecule has 1 aromatic rings. The minimum absolute atomic E-state index is 0.290. The number of benzene rings is 1. The van der Waals surface area contributed by atoms with Crippen molar-refractivity contribution in [3.63, 3.8) is 0 Å². The third kappa shape index (κ3) is 2.92. The molecule has 1 aliphatic rings. The molecule has 1 heterocycles. The van der Waals surface area contributed by atoms with Gasteiger partial charge in [0.2, 0.25) is 0 Å². The van der Waals surface area contributed by atoms with Gasteiger partial charge in [0, 0.05) is 0 Å². The molecule has 0 N–H and O–H groups in total. The Morgan fingerprint density at radius 1 is 1.31 bits per heavy atom. The Morgan fingerprint density at radius 2 is 2.06 bits per heavy atom. The van der Waals surface area contributed by atoms with E-state index in [1.54, 1.807) is 0 Å². The van der Waals surface area contributed by atoms with E-state index in [1.807, 2.05) is 0 Å². The first-order valence-corrected chi connectivity index (χ1v) is 6.81. The second kappa shape index (κ2) is 4.30. The van der Waals surface area contributed by atoms with Crippen molar-refractivity contribution in [3.05, 3.63) is 34.9 Å². The topological polar surface area (TPSA) is 26.3 Å². The monoisotopic (exact) mass is 238 g/mol. The zero-order valence-corrected chi connectivity index (χ0v) is 10.9. The molecule has 0 spiro atoms. The number of hydrogen-bond acceptors (Lipinski definition) is 2. The van der Waals surface area contributed by atoms with Crippen LogP contribution < -0.4 is 0 Å². The molecule has 16 heavy (non-hydrogen) atoms. The molecule has 1 atom stereocenters. The van der Waals surface area contributed by atoms with Gasteiger partial charge in [-0.05, 0) is 28.5 Å². The van der Waals surface area contributed by atoms with Crippen LogP contribution >= 0.6 is 0 Å². The highest BCUT2D eigenvalue weighted by molar-refractivity contribution is 7.79. The lowest BCUT2D eigenvalue weighted by atomic mass is 9.87. The molecule has 0 saturated carbocycles. The summed E-state index contributed by atoms with van der Waals surface area (Å²) in [5.41, 5.74) is 3.98. The lowest BCUT2D eigenvalue weighted by Gasteiger charge is -2.21.